The Labute approximate surface area is 324 Å². The summed E-state index contributed by atoms with van der Waals surface area (Å²) >= 11 is 0. The maximum absolute atomic E-state index is 5.16. The van der Waals surface area contributed by atoms with Gasteiger partial charge in [-0.2, -0.15) is 0 Å². The number of benzene rings is 7. The molecule has 0 unspecified atom stereocenters. The third-order valence-corrected chi connectivity index (χ3v) is 11.0. The molecule has 4 aromatic heterocycles. The lowest BCUT2D eigenvalue weighted by Crippen LogP contribution is -1.96. The first-order chi connectivity index (χ1) is 27.8. The summed E-state index contributed by atoms with van der Waals surface area (Å²) in [4.78, 5) is 10.1. The number of aromatic nitrogens is 4. The summed E-state index contributed by atoms with van der Waals surface area (Å²) in [5, 5.41) is 4.79. The molecule has 0 aliphatic rings. The lowest BCUT2D eigenvalue weighted by Gasteiger charge is -2.12. The standard InChI is InChI=1S/C52H34N4/c1-4-13-35(14-5-1)40-32-47(36-15-6-2-7-16-36)54-48(33-40)37-22-26-42(27-23-37)56-50-29-25-38(31-46(50)45-20-12-30-53-52(45)56)39-24-28-44-43-19-10-11-21-49(43)55(51(44)34-39)41-17-8-3-9-18-41/h1-34H. The van der Waals surface area contributed by atoms with Crippen LogP contribution >= 0.6 is 0 Å². The Morgan fingerprint density at radius 3 is 1.62 bits per heavy atom. The number of hydrogen-bond acceptors (Lipinski definition) is 2. The Morgan fingerprint density at radius 2 is 0.857 bits per heavy atom. The van der Waals surface area contributed by atoms with Gasteiger partial charge in [-0.15, -0.1) is 0 Å². The number of nitrogens with zero attached hydrogens (tertiary/aromatic N) is 4. The predicted molar refractivity (Wildman–Crippen MR) is 232 cm³/mol. The molecule has 0 fully saturated rings. The van der Waals surface area contributed by atoms with Gasteiger partial charge in [0.15, 0.2) is 0 Å². The molecule has 4 nitrogen and oxygen atoms in total. The van der Waals surface area contributed by atoms with E-state index in [0.717, 1.165) is 56.0 Å². The lowest BCUT2D eigenvalue weighted by atomic mass is 10.00. The van der Waals surface area contributed by atoms with Crippen molar-refractivity contribution in [3.05, 3.63) is 206 Å². The molecule has 11 rings (SSSR count). The first kappa shape index (κ1) is 31.9. The summed E-state index contributed by atoms with van der Waals surface area (Å²) in [7, 11) is 0. The van der Waals surface area contributed by atoms with Crippen molar-refractivity contribution in [1.82, 2.24) is 19.1 Å². The molecule has 0 saturated heterocycles. The van der Waals surface area contributed by atoms with E-state index in [9.17, 15) is 0 Å². The first-order valence-electron chi connectivity index (χ1n) is 19.0. The van der Waals surface area contributed by atoms with Crippen molar-refractivity contribution in [2.45, 2.75) is 0 Å². The van der Waals surface area contributed by atoms with Crippen molar-refractivity contribution in [3.63, 3.8) is 0 Å². The van der Waals surface area contributed by atoms with Crippen LogP contribution in [0, 0.1) is 0 Å². The maximum Gasteiger partial charge on any atom is 0.145 e. The van der Waals surface area contributed by atoms with E-state index in [0.29, 0.717) is 0 Å². The van der Waals surface area contributed by atoms with Crippen molar-refractivity contribution in [1.29, 1.82) is 0 Å². The fourth-order valence-corrected chi connectivity index (χ4v) is 8.31. The summed E-state index contributed by atoms with van der Waals surface area (Å²) in [5.41, 5.74) is 15.3. The van der Waals surface area contributed by atoms with Crippen LogP contribution in [-0.4, -0.2) is 19.1 Å². The smallest absolute Gasteiger partial charge is 0.145 e. The zero-order valence-electron chi connectivity index (χ0n) is 30.4. The molecule has 11 aromatic rings. The van der Waals surface area contributed by atoms with E-state index in [2.05, 4.69) is 197 Å². The Balaban J connectivity index is 1.02. The molecule has 0 amide bonds. The second-order valence-electron chi connectivity index (χ2n) is 14.3. The van der Waals surface area contributed by atoms with Gasteiger partial charge in [0.25, 0.3) is 0 Å². The quantitative estimate of drug-likeness (QED) is 0.172. The fourth-order valence-electron chi connectivity index (χ4n) is 8.31. The third kappa shape index (κ3) is 5.31. The molecule has 0 saturated carbocycles. The summed E-state index contributed by atoms with van der Waals surface area (Å²) in [6.07, 6.45) is 1.88. The van der Waals surface area contributed by atoms with Gasteiger partial charge in [0.2, 0.25) is 0 Å². The highest BCUT2D eigenvalue weighted by molar-refractivity contribution is 6.12. The number of para-hydroxylation sites is 2. The van der Waals surface area contributed by atoms with Crippen molar-refractivity contribution >= 4 is 43.7 Å². The molecule has 262 valence electrons. The molecule has 7 aromatic carbocycles. The van der Waals surface area contributed by atoms with Gasteiger partial charge in [-0.25, -0.2) is 9.97 Å². The van der Waals surface area contributed by atoms with Crippen LogP contribution in [0.25, 0.3) is 99.9 Å². The van der Waals surface area contributed by atoms with Crippen molar-refractivity contribution in [2.75, 3.05) is 0 Å². The second-order valence-corrected chi connectivity index (χ2v) is 14.3. The zero-order chi connectivity index (χ0) is 37.0. The third-order valence-electron chi connectivity index (χ3n) is 11.0. The van der Waals surface area contributed by atoms with Crippen LogP contribution in [0.2, 0.25) is 0 Å². The first-order valence-corrected chi connectivity index (χ1v) is 19.0. The lowest BCUT2D eigenvalue weighted by molar-refractivity contribution is 1.14. The average Bonchev–Trinajstić information content (AvgIpc) is 3.79. The Bertz CT molecular complexity index is 3160. The SMILES string of the molecule is c1ccc(-c2cc(-c3ccccc3)nc(-c3ccc(-n4c5ccc(-c6ccc7c8ccccc8n(-c8ccccc8)c7c6)cc5c5cccnc54)cc3)c2)cc1. The minimum atomic E-state index is 0.933. The molecule has 0 aliphatic heterocycles. The highest BCUT2D eigenvalue weighted by Crippen LogP contribution is 2.38. The van der Waals surface area contributed by atoms with E-state index in [4.69, 9.17) is 9.97 Å². The molecular weight excluding hydrogens is 681 g/mol. The van der Waals surface area contributed by atoms with Crippen LogP contribution in [0.1, 0.15) is 0 Å². The molecule has 56 heavy (non-hydrogen) atoms. The summed E-state index contributed by atoms with van der Waals surface area (Å²) in [5.74, 6) is 0. The minimum Gasteiger partial charge on any atom is -0.309 e. The van der Waals surface area contributed by atoms with Gasteiger partial charge < -0.3 is 4.57 Å². The Morgan fingerprint density at radius 1 is 0.304 bits per heavy atom. The van der Waals surface area contributed by atoms with Gasteiger partial charge in [0, 0.05) is 50.2 Å². The van der Waals surface area contributed by atoms with E-state index < -0.39 is 0 Å². The van der Waals surface area contributed by atoms with E-state index in [1.54, 1.807) is 0 Å². The monoisotopic (exact) mass is 714 g/mol. The van der Waals surface area contributed by atoms with E-state index >= 15 is 0 Å². The highest BCUT2D eigenvalue weighted by Gasteiger charge is 2.17. The maximum atomic E-state index is 5.16. The van der Waals surface area contributed by atoms with Crippen LogP contribution in [-0.2, 0) is 0 Å². The predicted octanol–water partition coefficient (Wildman–Crippen LogP) is 13.3. The number of fused-ring (bicyclic) bond motifs is 6. The normalized spacial score (nSPS) is 11.6. The Kier molecular flexibility index (Phi) is 7.46. The topological polar surface area (TPSA) is 35.6 Å². The van der Waals surface area contributed by atoms with Gasteiger partial charge in [-0.1, -0.05) is 127 Å². The van der Waals surface area contributed by atoms with E-state index in [1.807, 2.05) is 18.3 Å². The summed E-state index contributed by atoms with van der Waals surface area (Å²) < 4.78 is 4.65. The van der Waals surface area contributed by atoms with Gasteiger partial charge in [0.1, 0.15) is 5.65 Å². The molecule has 4 heterocycles. The minimum absolute atomic E-state index is 0.933. The van der Waals surface area contributed by atoms with Gasteiger partial charge >= 0.3 is 0 Å². The highest BCUT2D eigenvalue weighted by atomic mass is 15.0. The van der Waals surface area contributed by atoms with Crippen LogP contribution in [0.15, 0.2) is 206 Å². The van der Waals surface area contributed by atoms with Gasteiger partial charge in [0.05, 0.1) is 27.9 Å². The molecule has 0 radical (unpaired) electrons. The van der Waals surface area contributed by atoms with E-state index in [-0.39, 0.29) is 0 Å². The number of rotatable bonds is 6. The van der Waals surface area contributed by atoms with Crippen LogP contribution in [0.3, 0.4) is 0 Å². The number of pyridine rings is 2. The molecule has 0 atom stereocenters. The largest absolute Gasteiger partial charge is 0.309 e. The molecule has 0 spiro atoms. The molecule has 0 aliphatic carbocycles. The average molecular weight is 715 g/mol. The van der Waals surface area contributed by atoms with E-state index in [1.165, 1.54) is 43.9 Å². The summed E-state index contributed by atoms with van der Waals surface area (Å²) in [6.45, 7) is 0. The van der Waals surface area contributed by atoms with Crippen molar-refractivity contribution in [2.24, 2.45) is 0 Å². The molecule has 0 bridgehead atoms. The molecule has 0 N–H and O–H groups in total. The van der Waals surface area contributed by atoms with Gasteiger partial charge in [-0.05, 0) is 95.1 Å². The van der Waals surface area contributed by atoms with Crippen LogP contribution in [0.4, 0.5) is 0 Å². The van der Waals surface area contributed by atoms with Crippen molar-refractivity contribution < 1.29 is 0 Å². The molecular formula is C52H34N4. The van der Waals surface area contributed by atoms with Crippen molar-refractivity contribution in [3.8, 4) is 56.1 Å². The number of hydrogen-bond donors (Lipinski definition) is 0. The Hall–Kier alpha value is -7.56. The molecule has 4 heteroatoms. The zero-order valence-corrected chi connectivity index (χ0v) is 30.4. The van der Waals surface area contributed by atoms with Crippen LogP contribution < -0.4 is 0 Å². The summed E-state index contributed by atoms with van der Waals surface area (Å²) in [6, 6.07) is 71.2. The fraction of sp³-hybridized carbons (Fsp3) is 0. The van der Waals surface area contributed by atoms with Gasteiger partial charge in [-0.3, -0.25) is 4.57 Å². The van der Waals surface area contributed by atoms with Crippen LogP contribution in [0.5, 0.6) is 0 Å². The second kappa shape index (κ2) is 13.1.